The molecule has 0 aromatic carbocycles. The first-order chi connectivity index (χ1) is 19.6. The smallest absolute Gasteiger partial charge is 0.255 e. The van der Waals surface area contributed by atoms with Gasteiger partial charge in [-0.3, -0.25) is 4.79 Å². The number of amides is 1. The summed E-state index contributed by atoms with van der Waals surface area (Å²) in [5, 5.41) is 6.44. The van der Waals surface area contributed by atoms with Gasteiger partial charge in [0.25, 0.3) is 5.91 Å². The van der Waals surface area contributed by atoms with E-state index in [0.29, 0.717) is 37.6 Å². The van der Waals surface area contributed by atoms with Crippen molar-refractivity contribution >= 4 is 23.8 Å². The molecule has 1 aliphatic carbocycles. The number of aliphatic imine (C=N–C) groups is 1. The van der Waals surface area contributed by atoms with Crippen LogP contribution in [0.4, 0.5) is 16.0 Å². The van der Waals surface area contributed by atoms with E-state index >= 15 is 0 Å². The van der Waals surface area contributed by atoms with Crippen molar-refractivity contribution in [2.24, 2.45) is 10.7 Å². The van der Waals surface area contributed by atoms with Crippen molar-refractivity contribution in [3.63, 3.8) is 0 Å². The molecule has 0 unspecified atom stereocenters. The van der Waals surface area contributed by atoms with Gasteiger partial charge in [0, 0.05) is 43.7 Å². The lowest BCUT2D eigenvalue weighted by Gasteiger charge is -2.46. The first-order valence-electron chi connectivity index (χ1n) is 13.8. The van der Waals surface area contributed by atoms with Gasteiger partial charge in [-0.15, -0.1) is 0 Å². The number of carbonyl (C=O) groups excluding carboxylic acids is 1. The summed E-state index contributed by atoms with van der Waals surface area (Å²) >= 11 is 0. The van der Waals surface area contributed by atoms with Gasteiger partial charge in [-0.25, -0.2) is 24.3 Å². The van der Waals surface area contributed by atoms with E-state index < -0.39 is 11.4 Å². The molecule has 218 valence electrons. The molecule has 3 heterocycles. The number of rotatable bonds is 9. The monoisotopic (exact) mass is 562 g/mol. The summed E-state index contributed by atoms with van der Waals surface area (Å²) in [6, 6.07) is 5.26. The summed E-state index contributed by atoms with van der Waals surface area (Å²) in [4.78, 5) is 33.5. The number of allylic oxidation sites excluding steroid dienone is 3. The lowest BCUT2D eigenvalue weighted by atomic mass is 9.76. The largest absolute Gasteiger partial charge is 0.402 e. The number of pyridine rings is 1. The van der Waals surface area contributed by atoms with Crippen LogP contribution in [0.15, 0.2) is 65.5 Å². The van der Waals surface area contributed by atoms with Gasteiger partial charge >= 0.3 is 0 Å². The Bertz CT molecular complexity index is 1350. The Balaban J connectivity index is 1.43. The van der Waals surface area contributed by atoms with Crippen LogP contribution in [-0.2, 0) is 9.53 Å². The van der Waals surface area contributed by atoms with E-state index in [1.165, 1.54) is 0 Å². The predicted molar refractivity (Wildman–Crippen MR) is 158 cm³/mol. The zero-order valence-electron chi connectivity index (χ0n) is 24.2. The Hall–Kier alpha value is -4.12. The molecule has 4 N–H and O–H groups in total. The highest BCUT2D eigenvalue weighted by Gasteiger charge is 2.49. The van der Waals surface area contributed by atoms with Crippen LogP contribution in [0.2, 0.25) is 0 Å². The van der Waals surface area contributed by atoms with Gasteiger partial charge in [-0.1, -0.05) is 18.2 Å². The van der Waals surface area contributed by atoms with Crippen molar-refractivity contribution in [2.45, 2.75) is 64.0 Å². The molecule has 0 bridgehead atoms. The van der Waals surface area contributed by atoms with E-state index in [-0.39, 0.29) is 17.9 Å². The Morgan fingerprint density at radius 1 is 1.34 bits per heavy atom. The molecule has 0 radical (unpaired) electrons. The topological polar surface area (TPSA) is 131 Å². The van der Waals surface area contributed by atoms with Crippen LogP contribution in [-0.4, -0.2) is 57.8 Å². The molecule has 1 amide bonds. The van der Waals surface area contributed by atoms with Crippen molar-refractivity contribution in [3.05, 3.63) is 77.6 Å². The van der Waals surface area contributed by atoms with E-state index in [1.807, 2.05) is 50.9 Å². The van der Waals surface area contributed by atoms with E-state index in [0.717, 1.165) is 53.7 Å². The number of nitrogens with two attached hydrogens (primary N) is 1. The second-order valence-electron chi connectivity index (χ2n) is 10.6. The molecule has 2 fully saturated rings. The van der Waals surface area contributed by atoms with Crippen LogP contribution in [0.1, 0.15) is 68.6 Å². The fourth-order valence-corrected chi connectivity index (χ4v) is 5.30. The lowest BCUT2D eigenvalue weighted by molar-refractivity contribution is -0.181. The SMILES string of the molecule is C=C(C)/C=C(\NC)Nc1cc(C)nc(C2CCC3(CC2)OCCN([C@@H](C)c2ccc(N=CC(F)=CN)nc2)C3=O)n1. The molecule has 1 spiro atoms. The standard InChI is InChI=1S/C30H39FN8O2/c1-19(2)14-26(33-5)37-27-15-20(3)36-28(38-27)22-8-10-30(11-9-22)29(40)39(12-13-41-30)21(4)23-6-7-25(34-17-23)35-18-24(31)16-32/h6-7,14-18,21-22,33H,1,8-13,32H2,2-5H3,(H,36,37,38)/b24-16?,26-14+,35-18?/t21-,22?,30?/m0/s1. The van der Waals surface area contributed by atoms with Gasteiger partial charge in [0.15, 0.2) is 11.6 Å². The average Bonchev–Trinajstić information content (AvgIpc) is 2.96. The van der Waals surface area contributed by atoms with E-state index in [4.69, 9.17) is 20.4 Å². The van der Waals surface area contributed by atoms with E-state index in [9.17, 15) is 9.18 Å². The minimum Gasteiger partial charge on any atom is -0.402 e. The fraction of sp³-hybridized carbons (Fsp3) is 0.433. The van der Waals surface area contributed by atoms with Crippen LogP contribution >= 0.6 is 0 Å². The number of anilines is 1. The third kappa shape index (κ3) is 7.15. The lowest BCUT2D eigenvalue weighted by Crippen LogP contribution is -2.58. The number of halogens is 1. The Morgan fingerprint density at radius 3 is 2.73 bits per heavy atom. The highest BCUT2D eigenvalue weighted by molar-refractivity contribution is 5.86. The van der Waals surface area contributed by atoms with Gasteiger partial charge in [-0.2, -0.15) is 0 Å². The van der Waals surface area contributed by atoms with Crippen LogP contribution in [0, 0.1) is 6.92 Å². The summed E-state index contributed by atoms with van der Waals surface area (Å²) < 4.78 is 19.4. The van der Waals surface area contributed by atoms with Crippen LogP contribution in [0.25, 0.3) is 0 Å². The second kappa shape index (κ2) is 13.0. The molecule has 1 atom stereocenters. The predicted octanol–water partition coefficient (Wildman–Crippen LogP) is 4.72. The van der Waals surface area contributed by atoms with Crippen LogP contribution < -0.4 is 16.4 Å². The quantitative estimate of drug-likeness (QED) is 0.296. The number of carbonyl (C=O) groups is 1. The number of aromatic nitrogens is 3. The Labute approximate surface area is 240 Å². The maximum absolute atomic E-state index is 13.8. The molecule has 2 aliphatic rings. The summed E-state index contributed by atoms with van der Waals surface area (Å²) in [5.41, 5.74) is 6.94. The minimum atomic E-state index is -0.846. The summed E-state index contributed by atoms with van der Waals surface area (Å²) in [6.07, 6.45) is 8.13. The fourth-order valence-electron chi connectivity index (χ4n) is 5.30. The molecule has 1 saturated heterocycles. The number of hydrogen-bond acceptors (Lipinski definition) is 9. The van der Waals surface area contributed by atoms with Crippen molar-refractivity contribution in [1.82, 2.24) is 25.2 Å². The van der Waals surface area contributed by atoms with Crippen LogP contribution in [0.3, 0.4) is 0 Å². The number of nitrogens with one attached hydrogen (secondary N) is 2. The van der Waals surface area contributed by atoms with Gasteiger partial charge in [-0.05, 0) is 64.2 Å². The highest BCUT2D eigenvalue weighted by atomic mass is 19.1. The summed E-state index contributed by atoms with van der Waals surface area (Å²) in [6.45, 7) is 10.8. The average molecular weight is 563 g/mol. The minimum absolute atomic E-state index is 0.00284. The van der Waals surface area contributed by atoms with Crippen molar-refractivity contribution in [2.75, 3.05) is 25.5 Å². The first kappa shape index (κ1) is 29.9. The Kier molecular flexibility index (Phi) is 9.49. The molecule has 2 aromatic heterocycles. The zero-order valence-corrected chi connectivity index (χ0v) is 24.2. The normalized spacial score (nSPS) is 22.7. The molecule has 11 heteroatoms. The second-order valence-corrected chi connectivity index (χ2v) is 10.6. The first-order valence-corrected chi connectivity index (χ1v) is 13.8. The van der Waals surface area contributed by atoms with Crippen molar-refractivity contribution < 1.29 is 13.9 Å². The number of hydrogen-bond donors (Lipinski definition) is 3. The molecule has 2 aromatic rings. The van der Waals surface area contributed by atoms with Crippen molar-refractivity contribution in [3.8, 4) is 0 Å². The summed E-state index contributed by atoms with van der Waals surface area (Å²) in [5.74, 6) is 2.13. The number of morpholine rings is 1. The third-order valence-corrected chi connectivity index (χ3v) is 7.51. The molecular weight excluding hydrogens is 523 g/mol. The molecule has 10 nitrogen and oxygen atoms in total. The molecular formula is C30H39FN8O2. The molecule has 41 heavy (non-hydrogen) atoms. The maximum Gasteiger partial charge on any atom is 0.255 e. The van der Waals surface area contributed by atoms with Crippen molar-refractivity contribution in [1.29, 1.82) is 0 Å². The maximum atomic E-state index is 13.8. The zero-order chi connectivity index (χ0) is 29.6. The number of ether oxygens (including phenoxy) is 1. The van der Waals surface area contributed by atoms with E-state index in [1.54, 1.807) is 12.3 Å². The van der Waals surface area contributed by atoms with E-state index in [2.05, 4.69) is 27.2 Å². The number of nitrogens with zero attached hydrogens (tertiary/aromatic N) is 5. The summed E-state index contributed by atoms with van der Waals surface area (Å²) in [7, 11) is 1.84. The third-order valence-electron chi connectivity index (χ3n) is 7.51. The van der Waals surface area contributed by atoms with Gasteiger partial charge < -0.3 is 26.0 Å². The van der Waals surface area contributed by atoms with Crippen LogP contribution in [0.5, 0.6) is 0 Å². The van der Waals surface area contributed by atoms with Gasteiger partial charge in [0.2, 0.25) is 0 Å². The van der Waals surface area contributed by atoms with Gasteiger partial charge in [0.05, 0.1) is 18.9 Å². The Morgan fingerprint density at radius 2 is 2.10 bits per heavy atom. The molecule has 1 aliphatic heterocycles. The number of aryl methyl sites for hydroxylation is 1. The molecule has 1 saturated carbocycles. The highest BCUT2D eigenvalue weighted by Crippen LogP contribution is 2.43. The molecule has 4 rings (SSSR count). The van der Waals surface area contributed by atoms with Gasteiger partial charge in [0.1, 0.15) is 23.1 Å².